The lowest BCUT2D eigenvalue weighted by Gasteiger charge is -2.28. The van der Waals surface area contributed by atoms with Crippen LogP contribution in [0.4, 0.5) is 0 Å². The Hall–Kier alpha value is -0.910. The van der Waals surface area contributed by atoms with Crippen LogP contribution in [0.15, 0.2) is 12.7 Å². The van der Waals surface area contributed by atoms with E-state index in [2.05, 4.69) is 6.58 Å². The second kappa shape index (κ2) is 7.11. The molecule has 4 atom stereocenters. The molecule has 0 aliphatic carbocycles. The van der Waals surface area contributed by atoms with E-state index in [9.17, 15) is 9.90 Å². The quantitative estimate of drug-likeness (QED) is 0.603. The Morgan fingerprint density at radius 1 is 1.41 bits per heavy atom. The SMILES string of the molecule is C=C[C@H]1OC(C)(C)O[C@@H]1[C@@H](O)[C@@H](CC)COC(=O)C(C)(C)C. The standard InChI is InChI=1S/C17H30O5/c1-8-11(10-20-15(19)16(3,4)5)13(18)14-12(9-2)21-17(6,7)22-14/h9,11-14,18H,2,8,10H2,1,3-7H3/t11-,12+,13-,14-/m0/s1. The maximum atomic E-state index is 11.9. The fourth-order valence-corrected chi connectivity index (χ4v) is 2.39. The Labute approximate surface area is 133 Å². The smallest absolute Gasteiger partial charge is 0.311 e. The number of rotatable bonds is 6. The van der Waals surface area contributed by atoms with Crippen molar-refractivity contribution in [2.75, 3.05) is 6.61 Å². The first kappa shape index (κ1) is 19.1. The van der Waals surface area contributed by atoms with E-state index >= 15 is 0 Å². The highest BCUT2D eigenvalue weighted by Gasteiger charge is 2.45. The fourth-order valence-electron chi connectivity index (χ4n) is 2.39. The summed E-state index contributed by atoms with van der Waals surface area (Å²) in [5.74, 6) is -1.25. The zero-order valence-electron chi connectivity index (χ0n) is 14.6. The van der Waals surface area contributed by atoms with E-state index < -0.39 is 23.4 Å². The van der Waals surface area contributed by atoms with Crippen LogP contribution in [0.3, 0.4) is 0 Å². The van der Waals surface area contributed by atoms with Crippen molar-refractivity contribution in [2.45, 2.75) is 72.1 Å². The molecule has 5 nitrogen and oxygen atoms in total. The third-order valence-corrected chi connectivity index (χ3v) is 3.78. The number of aliphatic hydroxyl groups excluding tert-OH is 1. The highest BCUT2D eigenvalue weighted by Crippen LogP contribution is 2.33. The summed E-state index contributed by atoms with van der Waals surface area (Å²) in [6, 6.07) is 0. The van der Waals surface area contributed by atoms with Crippen molar-refractivity contribution in [2.24, 2.45) is 11.3 Å². The van der Waals surface area contributed by atoms with E-state index in [1.54, 1.807) is 40.7 Å². The average Bonchev–Trinajstić information content (AvgIpc) is 2.73. The van der Waals surface area contributed by atoms with Crippen molar-refractivity contribution in [1.29, 1.82) is 0 Å². The van der Waals surface area contributed by atoms with Crippen LogP contribution in [-0.2, 0) is 19.0 Å². The van der Waals surface area contributed by atoms with E-state index in [1.807, 2.05) is 6.92 Å². The van der Waals surface area contributed by atoms with Gasteiger partial charge < -0.3 is 19.3 Å². The average molecular weight is 314 g/mol. The molecule has 1 rings (SSSR count). The molecule has 1 heterocycles. The number of carbonyl (C=O) groups excluding carboxylic acids is 1. The van der Waals surface area contributed by atoms with Gasteiger partial charge in [0.15, 0.2) is 5.79 Å². The van der Waals surface area contributed by atoms with Crippen molar-refractivity contribution in [1.82, 2.24) is 0 Å². The summed E-state index contributed by atoms with van der Waals surface area (Å²) in [6.45, 7) is 14.9. The van der Waals surface area contributed by atoms with Gasteiger partial charge in [0.05, 0.1) is 18.1 Å². The second-order valence-corrected chi connectivity index (χ2v) is 7.31. The van der Waals surface area contributed by atoms with Crippen molar-refractivity contribution in [3.63, 3.8) is 0 Å². The molecule has 0 spiro atoms. The van der Waals surface area contributed by atoms with Gasteiger partial charge in [-0.2, -0.15) is 0 Å². The van der Waals surface area contributed by atoms with Crippen LogP contribution in [0.5, 0.6) is 0 Å². The van der Waals surface area contributed by atoms with Gasteiger partial charge in [-0.25, -0.2) is 0 Å². The molecular weight excluding hydrogens is 284 g/mol. The van der Waals surface area contributed by atoms with Crippen molar-refractivity contribution in [3.8, 4) is 0 Å². The van der Waals surface area contributed by atoms with E-state index in [4.69, 9.17) is 14.2 Å². The van der Waals surface area contributed by atoms with Gasteiger partial charge in [0.2, 0.25) is 0 Å². The molecule has 0 unspecified atom stereocenters. The lowest BCUT2D eigenvalue weighted by Crippen LogP contribution is -2.42. The maximum absolute atomic E-state index is 11.9. The number of hydrogen-bond acceptors (Lipinski definition) is 5. The number of hydrogen-bond donors (Lipinski definition) is 1. The summed E-state index contributed by atoms with van der Waals surface area (Å²) in [5.41, 5.74) is -0.554. The number of esters is 1. The molecule has 1 saturated heterocycles. The van der Waals surface area contributed by atoms with Crippen molar-refractivity contribution < 1.29 is 24.1 Å². The first-order valence-corrected chi connectivity index (χ1v) is 7.85. The first-order chi connectivity index (χ1) is 10.0. The Kier molecular flexibility index (Phi) is 6.18. The molecule has 0 bridgehead atoms. The van der Waals surface area contributed by atoms with Crippen LogP contribution in [0.25, 0.3) is 0 Å². The molecule has 0 radical (unpaired) electrons. The molecule has 5 heteroatoms. The number of carbonyl (C=O) groups is 1. The van der Waals surface area contributed by atoms with Gasteiger partial charge in [-0.3, -0.25) is 4.79 Å². The predicted molar refractivity (Wildman–Crippen MR) is 84.2 cm³/mol. The topological polar surface area (TPSA) is 65.0 Å². The number of ether oxygens (including phenoxy) is 3. The zero-order chi connectivity index (χ0) is 17.1. The fraction of sp³-hybridized carbons (Fsp3) is 0.824. The molecule has 0 saturated carbocycles. The van der Waals surface area contributed by atoms with Crippen molar-refractivity contribution >= 4 is 5.97 Å². The van der Waals surface area contributed by atoms with E-state index in [0.717, 1.165) is 0 Å². The van der Waals surface area contributed by atoms with Gasteiger partial charge in [-0.05, 0) is 41.0 Å². The third-order valence-electron chi connectivity index (χ3n) is 3.78. The van der Waals surface area contributed by atoms with E-state index in [-0.39, 0.29) is 24.6 Å². The molecule has 0 aromatic rings. The minimum absolute atomic E-state index is 0.165. The maximum Gasteiger partial charge on any atom is 0.311 e. The van der Waals surface area contributed by atoms with Gasteiger partial charge >= 0.3 is 5.97 Å². The molecular formula is C17H30O5. The summed E-state index contributed by atoms with van der Waals surface area (Å²) < 4.78 is 16.8. The zero-order valence-corrected chi connectivity index (χ0v) is 14.6. The third kappa shape index (κ3) is 4.80. The molecule has 1 aliphatic heterocycles. The molecule has 1 N–H and O–H groups in total. The second-order valence-electron chi connectivity index (χ2n) is 7.31. The predicted octanol–water partition coefficient (Wildman–Crippen LogP) is 2.67. The molecule has 128 valence electrons. The summed E-state index contributed by atoms with van der Waals surface area (Å²) in [5, 5.41) is 10.6. The van der Waals surface area contributed by atoms with Crippen LogP contribution < -0.4 is 0 Å². The molecule has 0 amide bonds. The molecule has 1 aliphatic rings. The molecule has 0 aromatic heterocycles. The van der Waals surface area contributed by atoms with Crippen LogP contribution in [0.1, 0.15) is 48.0 Å². The Morgan fingerprint density at radius 3 is 2.45 bits per heavy atom. The highest BCUT2D eigenvalue weighted by atomic mass is 16.8. The van der Waals surface area contributed by atoms with Crippen LogP contribution in [0, 0.1) is 11.3 Å². The van der Waals surface area contributed by atoms with Gasteiger partial charge in [-0.1, -0.05) is 13.0 Å². The van der Waals surface area contributed by atoms with E-state index in [0.29, 0.717) is 6.42 Å². The summed E-state index contributed by atoms with van der Waals surface area (Å²) in [7, 11) is 0. The minimum atomic E-state index is -0.789. The first-order valence-electron chi connectivity index (χ1n) is 7.85. The lowest BCUT2D eigenvalue weighted by molar-refractivity contribution is -0.165. The summed E-state index contributed by atoms with van der Waals surface area (Å²) in [4.78, 5) is 11.9. The van der Waals surface area contributed by atoms with Crippen LogP contribution in [0.2, 0.25) is 0 Å². The van der Waals surface area contributed by atoms with Gasteiger partial charge in [-0.15, -0.1) is 6.58 Å². The Morgan fingerprint density at radius 2 is 2.00 bits per heavy atom. The molecule has 22 heavy (non-hydrogen) atoms. The van der Waals surface area contributed by atoms with Crippen molar-refractivity contribution in [3.05, 3.63) is 12.7 Å². The largest absolute Gasteiger partial charge is 0.465 e. The minimum Gasteiger partial charge on any atom is -0.465 e. The molecule has 1 fully saturated rings. The number of aliphatic hydroxyl groups is 1. The summed E-state index contributed by atoms with van der Waals surface area (Å²) >= 11 is 0. The molecule has 0 aromatic carbocycles. The van der Waals surface area contributed by atoms with Crippen LogP contribution >= 0.6 is 0 Å². The summed E-state index contributed by atoms with van der Waals surface area (Å²) in [6.07, 6.45) is 0.630. The van der Waals surface area contributed by atoms with Gasteiger partial charge in [0.25, 0.3) is 0 Å². The van der Waals surface area contributed by atoms with E-state index in [1.165, 1.54) is 0 Å². The van der Waals surface area contributed by atoms with Gasteiger partial charge in [0, 0.05) is 5.92 Å². The lowest BCUT2D eigenvalue weighted by atomic mass is 9.92. The van der Waals surface area contributed by atoms with Gasteiger partial charge in [0.1, 0.15) is 12.2 Å². The van der Waals surface area contributed by atoms with Crippen LogP contribution in [-0.4, -0.2) is 41.8 Å². The Balaban J connectivity index is 2.70. The highest BCUT2D eigenvalue weighted by molar-refractivity contribution is 5.75. The Bertz CT molecular complexity index is 396. The normalized spacial score (nSPS) is 27.2. The monoisotopic (exact) mass is 314 g/mol.